The molecular formula is C12H16FNO2. The van der Waals surface area contributed by atoms with Crippen LogP contribution in [0.15, 0.2) is 18.2 Å². The van der Waals surface area contributed by atoms with E-state index in [4.69, 9.17) is 4.74 Å². The van der Waals surface area contributed by atoms with Crippen molar-refractivity contribution in [3.05, 3.63) is 23.8 Å². The van der Waals surface area contributed by atoms with Gasteiger partial charge in [-0.3, -0.25) is 4.79 Å². The summed E-state index contributed by atoms with van der Waals surface area (Å²) >= 11 is 0. The molecular weight excluding hydrogens is 209 g/mol. The van der Waals surface area contributed by atoms with E-state index in [1.165, 1.54) is 27.9 Å². The first-order chi connectivity index (χ1) is 7.34. The minimum Gasteiger partial charge on any atom is -0.496 e. The molecule has 1 N–H and O–H groups in total. The highest BCUT2D eigenvalue weighted by Gasteiger charge is 2.23. The van der Waals surface area contributed by atoms with Crippen molar-refractivity contribution in [3.63, 3.8) is 0 Å². The van der Waals surface area contributed by atoms with E-state index in [0.29, 0.717) is 17.0 Å². The van der Waals surface area contributed by atoms with E-state index in [2.05, 4.69) is 5.32 Å². The van der Waals surface area contributed by atoms with Crippen LogP contribution >= 0.6 is 0 Å². The Morgan fingerprint density at radius 1 is 1.44 bits per heavy atom. The predicted octanol–water partition coefficient (Wildman–Crippen LogP) is 2.86. The fourth-order valence-corrected chi connectivity index (χ4v) is 1.46. The molecule has 1 rings (SSSR count). The summed E-state index contributed by atoms with van der Waals surface area (Å²) < 4.78 is 18.9. The lowest BCUT2D eigenvalue weighted by Crippen LogP contribution is -2.12. The Bertz CT molecular complexity index is 396. The molecule has 16 heavy (non-hydrogen) atoms. The van der Waals surface area contributed by atoms with E-state index in [1.54, 1.807) is 18.2 Å². The Morgan fingerprint density at radius 2 is 2.06 bits per heavy atom. The maximum Gasteiger partial charge on any atom is 0.221 e. The second kappa shape index (κ2) is 4.51. The molecule has 0 heterocycles. The maximum absolute atomic E-state index is 13.8. The van der Waals surface area contributed by atoms with E-state index in [1.807, 2.05) is 0 Å². The average Bonchev–Trinajstić information content (AvgIpc) is 2.14. The number of alkyl halides is 1. The number of carbonyl (C=O) groups is 1. The van der Waals surface area contributed by atoms with Crippen molar-refractivity contribution in [1.29, 1.82) is 0 Å². The molecule has 1 aromatic rings. The van der Waals surface area contributed by atoms with Gasteiger partial charge in [0.25, 0.3) is 0 Å². The van der Waals surface area contributed by atoms with Gasteiger partial charge in [-0.05, 0) is 19.9 Å². The largest absolute Gasteiger partial charge is 0.496 e. The summed E-state index contributed by atoms with van der Waals surface area (Å²) in [5.41, 5.74) is -0.415. The van der Waals surface area contributed by atoms with Crippen LogP contribution in [0, 0.1) is 0 Å². The minimum atomic E-state index is -1.47. The molecule has 3 nitrogen and oxygen atoms in total. The van der Waals surface area contributed by atoms with Crippen LogP contribution < -0.4 is 10.1 Å². The van der Waals surface area contributed by atoms with Gasteiger partial charge in [0.05, 0.1) is 7.11 Å². The third-order valence-corrected chi connectivity index (χ3v) is 2.16. The number of halogens is 1. The topological polar surface area (TPSA) is 38.3 Å². The fraction of sp³-hybridized carbons (Fsp3) is 0.417. The summed E-state index contributed by atoms with van der Waals surface area (Å²) in [5.74, 6) is 0.257. The van der Waals surface area contributed by atoms with Gasteiger partial charge in [-0.2, -0.15) is 0 Å². The quantitative estimate of drug-likeness (QED) is 0.859. The standard InChI is InChI=1S/C12H16FNO2/c1-8(15)14-9-5-6-10(12(2,3)13)11(7-9)16-4/h5-7H,1-4H3,(H,14,15). The first kappa shape index (κ1) is 12.5. The summed E-state index contributed by atoms with van der Waals surface area (Å²) in [6, 6.07) is 4.88. The van der Waals surface area contributed by atoms with Gasteiger partial charge in [0.1, 0.15) is 11.4 Å². The van der Waals surface area contributed by atoms with Crippen molar-refractivity contribution in [2.45, 2.75) is 26.4 Å². The van der Waals surface area contributed by atoms with Crippen LogP contribution in [0.3, 0.4) is 0 Å². The normalized spacial score (nSPS) is 11.1. The number of hydrogen-bond acceptors (Lipinski definition) is 2. The van der Waals surface area contributed by atoms with Gasteiger partial charge in [-0.25, -0.2) is 4.39 Å². The Hall–Kier alpha value is -1.58. The number of amides is 1. The number of methoxy groups -OCH3 is 1. The lowest BCUT2D eigenvalue weighted by molar-refractivity contribution is -0.114. The van der Waals surface area contributed by atoms with Crippen LogP contribution in [0.2, 0.25) is 0 Å². The summed E-state index contributed by atoms with van der Waals surface area (Å²) in [7, 11) is 1.47. The van der Waals surface area contributed by atoms with E-state index in [9.17, 15) is 9.18 Å². The highest BCUT2D eigenvalue weighted by atomic mass is 19.1. The van der Waals surface area contributed by atoms with Crippen LogP contribution in [-0.2, 0) is 10.5 Å². The number of benzene rings is 1. The fourth-order valence-electron chi connectivity index (χ4n) is 1.46. The molecule has 88 valence electrons. The highest BCUT2D eigenvalue weighted by Crippen LogP contribution is 2.34. The molecule has 0 spiro atoms. The second-order valence-electron chi connectivity index (χ2n) is 4.07. The van der Waals surface area contributed by atoms with Crippen LogP contribution in [0.4, 0.5) is 10.1 Å². The van der Waals surface area contributed by atoms with Crippen molar-refractivity contribution < 1.29 is 13.9 Å². The van der Waals surface area contributed by atoms with Gasteiger partial charge in [0.2, 0.25) is 5.91 Å². The monoisotopic (exact) mass is 225 g/mol. The summed E-state index contributed by atoms with van der Waals surface area (Å²) in [4.78, 5) is 10.9. The molecule has 0 aliphatic rings. The number of hydrogen-bond donors (Lipinski definition) is 1. The molecule has 1 amide bonds. The van der Waals surface area contributed by atoms with Crippen LogP contribution in [0.1, 0.15) is 26.3 Å². The Balaban J connectivity index is 3.12. The van der Waals surface area contributed by atoms with E-state index in [0.717, 1.165) is 0 Å². The minimum absolute atomic E-state index is 0.172. The predicted molar refractivity (Wildman–Crippen MR) is 61.4 cm³/mol. The van der Waals surface area contributed by atoms with E-state index < -0.39 is 5.67 Å². The number of anilines is 1. The first-order valence-electron chi connectivity index (χ1n) is 4.99. The molecule has 0 saturated carbocycles. The van der Waals surface area contributed by atoms with Gasteiger partial charge >= 0.3 is 0 Å². The molecule has 0 aliphatic heterocycles. The van der Waals surface area contributed by atoms with E-state index in [-0.39, 0.29) is 5.91 Å². The zero-order chi connectivity index (χ0) is 12.3. The van der Waals surface area contributed by atoms with Crippen LogP contribution in [-0.4, -0.2) is 13.0 Å². The number of carbonyl (C=O) groups excluding carboxylic acids is 1. The highest BCUT2D eigenvalue weighted by molar-refractivity contribution is 5.88. The number of nitrogens with one attached hydrogen (secondary N) is 1. The van der Waals surface area contributed by atoms with Gasteiger partial charge in [0.15, 0.2) is 0 Å². The van der Waals surface area contributed by atoms with Crippen molar-refractivity contribution in [2.75, 3.05) is 12.4 Å². The maximum atomic E-state index is 13.8. The summed E-state index contributed by atoms with van der Waals surface area (Å²) in [5, 5.41) is 2.62. The van der Waals surface area contributed by atoms with Gasteiger partial charge in [0, 0.05) is 24.2 Å². The molecule has 0 aromatic heterocycles. The van der Waals surface area contributed by atoms with Gasteiger partial charge < -0.3 is 10.1 Å². The van der Waals surface area contributed by atoms with Crippen molar-refractivity contribution >= 4 is 11.6 Å². The summed E-state index contributed by atoms with van der Waals surface area (Å²) in [6.45, 7) is 4.34. The van der Waals surface area contributed by atoms with Gasteiger partial charge in [-0.15, -0.1) is 0 Å². The lowest BCUT2D eigenvalue weighted by atomic mass is 9.98. The Morgan fingerprint density at radius 3 is 2.50 bits per heavy atom. The van der Waals surface area contributed by atoms with Gasteiger partial charge in [-0.1, -0.05) is 6.07 Å². The average molecular weight is 225 g/mol. The second-order valence-corrected chi connectivity index (χ2v) is 4.07. The molecule has 0 unspecified atom stereocenters. The zero-order valence-electron chi connectivity index (χ0n) is 9.93. The third-order valence-electron chi connectivity index (χ3n) is 2.16. The van der Waals surface area contributed by atoms with Crippen LogP contribution in [0.25, 0.3) is 0 Å². The molecule has 4 heteroatoms. The van der Waals surface area contributed by atoms with Crippen molar-refractivity contribution in [1.82, 2.24) is 0 Å². The number of rotatable bonds is 3. The van der Waals surface area contributed by atoms with Crippen molar-refractivity contribution in [2.24, 2.45) is 0 Å². The Kier molecular flexibility index (Phi) is 3.52. The van der Waals surface area contributed by atoms with Crippen molar-refractivity contribution in [3.8, 4) is 5.75 Å². The third kappa shape index (κ3) is 2.95. The Labute approximate surface area is 94.6 Å². The summed E-state index contributed by atoms with van der Waals surface area (Å²) in [6.07, 6.45) is 0. The molecule has 0 radical (unpaired) electrons. The first-order valence-corrected chi connectivity index (χ1v) is 4.99. The molecule has 1 aromatic carbocycles. The lowest BCUT2D eigenvalue weighted by Gasteiger charge is -2.19. The van der Waals surface area contributed by atoms with Crippen LogP contribution in [0.5, 0.6) is 5.75 Å². The molecule has 0 fully saturated rings. The molecule has 0 aliphatic carbocycles. The van der Waals surface area contributed by atoms with E-state index >= 15 is 0 Å². The smallest absolute Gasteiger partial charge is 0.221 e. The SMILES string of the molecule is COc1cc(NC(C)=O)ccc1C(C)(C)F. The molecule has 0 bridgehead atoms. The number of ether oxygens (including phenoxy) is 1. The molecule has 0 saturated heterocycles. The zero-order valence-corrected chi connectivity index (χ0v) is 9.93. The molecule has 0 atom stereocenters.